The topological polar surface area (TPSA) is 46.6 Å². The van der Waals surface area contributed by atoms with Crippen molar-refractivity contribution in [3.63, 3.8) is 0 Å². The molecular weight excluding hydrogens is 318 g/mol. The van der Waals surface area contributed by atoms with Crippen LogP contribution >= 0.6 is 15.9 Å². The number of benzene rings is 1. The molecule has 6 heteroatoms. The highest BCUT2D eigenvalue weighted by Gasteiger charge is 2.39. The van der Waals surface area contributed by atoms with Gasteiger partial charge in [-0.1, -0.05) is 12.1 Å². The first kappa shape index (κ1) is 12.6. The molecule has 0 aliphatic carbocycles. The Hall–Kier alpha value is -0.430. The first-order valence-corrected chi connectivity index (χ1v) is 8.21. The second-order valence-electron chi connectivity index (χ2n) is 4.71. The van der Waals surface area contributed by atoms with E-state index in [1.807, 2.05) is 6.07 Å². The van der Waals surface area contributed by atoms with E-state index >= 15 is 0 Å². The molecule has 2 atom stereocenters. The van der Waals surface area contributed by atoms with Gasteiger partial charge < -0.3 is 4.74 Å². The minimum atomic E-state index is -3.41. The van der Waals surface area contributed by atoms with Crippen molar-refractivity contribution >= 4 is 26.0 Å². The van der Waals surface area contributed by atoms with Gasteiger partial charge in [-0.25, -0.2) is 8.42 Å². The monoisotopic (exact) mass is 331 g/mol. The van der Waals surface area contributed by atoms with Gasteiger partial charge in [0.2, 0.25) is 10.0 Å². The zero-order chi connectivity index (χ0) is 12.8. The van der Waals surface area contributed by atoms with Crippen LogP contribution in [0.15, 0.2) is 33.6 Å². The Balaban J connectivity index is 1.94. The number of nitrogens with zero attached hydrogens (tertiary/aromatic N) is 1. The zero-order valence-corrected chi connectivity index (χ0v) is 12.2. The van der Waals surface area contributed by atoms with Crippen LogP contribution in [0.25, 0.3) is 0 Å². The van der Waals surface area contributed by atoms with Gasteiger partial charge in [-0.3, -0.25) is 0 Å². The molecule has 0 spiro atoms. The van der Waals surface area contributed by atoms with Crippen LogP contribution in [0.2, 0.25) is 0 Å². The van der Waals surface area contributed by atoms with Gasteiger partial charge in [0.1, 0.15) is 0 Å². The van der Waals surface area contributed by atoms with E-state index in [0.29, 0.717) is 22.5 Å². The first-order chi connectivity index (χ1) is 8.57. The summed E-state index contributed by atoms with van der Waals surface area (Å²) in [5, 5.41) is 0. The molecule has 98 valence electrons. The first-order valence-electron chi connectivity index (χ1n) is 5.97. The molecule has 0 radical (unpaired) electrons. The number of halogens is 1. The molecule has 0 N–H and O–H groups in total. The molecule has 2 aliphatic rings. The SMILES string of the molecule is O=S(=O)(c1ccccc1Br)N1CC2CCC(C1)O2. The highest BCUT2D eigenvalue weighted by molar-refractivity contribution is 9.10. The largest absolute Gasteiger partial charge is 0.372 e. The van der Waals surface area contributed by atoms with Gasteiger partial charge in [0.05, 0.1) is 17.1 Å². The van der Waals surface area contributed by atoms with Gasteiger partial charge >= 0.3 is 0 Å². The van der Waals surface area contributed by atoms with Crippen LogP contribution in [0.5, 0.6) is 0 Å². The number of fused-ring (bicyclic) bond motifs is 2. The van der Waals surface area contributed by atoms with Gasteiger partial charge in [0.15, 0.2) is 0 Å². The molecule has 2 saturated heterocycles. The molecule has 0 aromatic heterocycles. The lowest BCUT2D eigenvalue weighted by Gasteiger charge is -2.31. The van der Waals surface area contributed by atoms with Gasteiger partial charge in [0, 0.05) is 17.6 Å². The standard InChI is InChI=1S/C12H14BrNO3S/c13-11-3-1-2-4-12(11)18(15,16)14-7-9-5-6-10(8-14)17-9/h1-4,9-10H,5-8H2. The van der Waals surface area contributed by atoms with E-state index < -0.39 is 10.0 Å². The molecule has 1 aromatic rings. The molecule has 0 saturated carbocycles. The zero-order valence-electron chi connectivity index (χ0n) is 9.75. The Labute approximate surface area is 115 Å². The minimum Gasteiger partial charge on any atom is -0.372 e. The van der Waals surface area contributed by atoms with Gasteiger partial charge in [0.25, 0.3) is 0 Å². The molecule has 2 heterocycles. The van der Waals surface area contributed by atoms with Crippen molar-refractivity contribution in [2.24, 2.45) is 0 Å². The van der Waals surface area contributed by atoms with Crippen molar-refractivity contribution in [2.75, 3.05) is 13.1 Å². The van der Waals surface area contributed by atoms with E-state index in [0.717, 1.165) is 12.8 Å². The number of hydrogen-bond acceptors (Lipinski definition) is 3. The fourth-order valence-electron chi connectivity index (χ4n) is 2.57. The quantitative estimate of drug-likeness (QED) is 0.832. The van der Waals surface area contributed by atoms with Crippen LogP contribution in [0, 0.1) is 0 Å². The number of ether oxygens (including phenoxy) is 1. The maximum Gasteiger partial charge on any atom is 0.244 e. The summed E-state index contributed by atoms with van der Waals surface area (Å²) in [6.07, 6.45) is 2.07. The third kappa shape index (κ3) is 2.11. The normalized spacial score (nSPS) is 28.5. The van der Waals surface area contributed by atoms with E-state index in [4.69, 9.17) is 4.74 Å². The van der Waals surface area contributed by atoms with E-state index in [9.17, 15) is 8.42 Å². The fourth-order valence-corrected chi connectivity index (χ4v) is 5.03. The smallest absolute Gasteiger partial charge is 0.244 e. The van der Waals surface area contributed by atoms with Gasteiger partial charge in [-0.2, -0.15) is 4.31 Å². The second-order valence-corrected chi connectivity index (χ2v) is 7.47. The van der Waals surface area contributed by atoms with Crippen molar-refractivity contribution < 1.29 is 13.2 Å². The predicted octanol–water partition coefficient (Wildman–Crippen LogP) is 2.00. The van der Waals surface area contributed by atoms with Crippen molar-refractivity contribution in [1.29, 1.82) is 0 Å². The number of morpholine rings is 1. The second kappa shape index (κ2) is 4.59. The Bertz CT molecular complexity index is 548. The van der Waals surface area contributed by atoms with E-state index in [2.05, 4.69) is 15.9 Å². The Morgan fingerprint density at radius 2 is 1.78 bits per heavy atom. The number of hydrogen-bond donors (Lipinski definition) is 0. The molecule has 3 rings (SSSR count). The summed E-state index contributed by atoms with van der Waals surface area (Å²) >= 11 is 3.31. The number of rotatable bonds is 2. The lowest BCUT2D eigenvalue weighted by atomic mass is 10.2. The van der Waals surface area contributed by atoms with Crippen molar-refractivity contribution in [1.82, 2.24) is 4.31 Å². The summed E-state index contributed by atoms with van der Waals surface area (Å²) in [6.45, 7) is 0.945. The summed E-state index contributed by atoms with van der Waals surface area (Å²) in [7, 11) is -3.41. The number of sulfonamides is 1. The molecule has 4 nitrogen and oxygen atoms in total. The van der Waals surface area contributed by atoms with Crippen molar-refractivity contribution in [3.8, 4) is 0 Å². The third-order valence-corrected chi connectivity index (χ3v) is 6.31. The Morgan fingerprint density at radius 1 is 1.17 bits per heavy atom. The van der Waals surface area contributed by atoms with Crippen LogP contribution < -0.4 is 0 Å². The lowest BCUT2D eigenvalue weighted by molar-refractivity contribution is -0.0114. The van der Waals surface area contributed by atoms with Gasteiger partial charge in [-0.05, 0) is 40.9 Å². The molecule has 1 aromatic carbocycles. The molecule has 2 fully saturated rings. The average Bonchev–Trinajstić information content (AvgIpc) is 2.68. The summed E-state index contributed by atoms with van der Waals surface area (Å²) in [6, 6.07) is 6.94. The van der Waals surface area contributed by atoms with Crippen molar-refractivity contribution in [3.05, 3.63) is 28.7 Å². The maximum absolute atomic E-state index is 12.6. The van der Waals surface area contributed by atoms with E-state index in [1.54, 1.807) is 22.5 Å². The van der Waals surface area contributed by atoms with Crippen LogP contribution in [-0.2, 0) is 14.8 Å². The fraction of sp³-hybridized carbons (Fsp3) is 0.500. The summed E-state index contributed by atoms with van der Waals surface area (Å²) in [5.74, 6) is 0. The molecule has 0 amide bonds. The summed E-state index contributed by atoms with van der Waals surface area (Å²) in [5.41, 5.74) is 0. The van der Waals surface area contributed by atoms with Crippen LogP contribution in [0.3, 0.4) is 0 Å². The van der Waals surface area contributed by atoms with E-state index in [-0.39, 0.29) is 12.2 Å². The minimum absolute atomic E-state index is 0.0704. The van der Waals surface area contributed by atoms with Gasteiger partial charge in [-0.15, -0.1) is 0 Å². The Kier molecular flexibility index (Phi) is 3.21. The molecule has 2 aliphatic heterocycles. The van der Waals surface area contributed by atoms with Crippen molar-refractivity contribution in [2.45, 2.75) is 29.9 Å². The van der Waals surface area contributed by atoms with E-state index in [1.165, 1.54) is 0 Å². The molecule has 2 unspecified atom stereocenters. The molecule has 18 heavy (non-hydrogen) atoms. The van der Waals surface area contributed by atoms with Crippen LogP contribution in [0.4, 0.5) is 0 Å². The third-order valence-electron chi connectivity index (χ3n) is 3.46. The summed E-state index contributed by atoms with van der Waals surface area (Å²) in [4.78, 5) is 0.339. The Morgan fingerprint density at radius 3 is 2.39 bits per heavy atom. The highest BCUT2D eigenvalue weighted by Crippen LogP contribution is 2.31. The van der Waals surface area contributed by atoms with Crippen LogP contribution in [0.1, 0.15) is 12.8 Å². The molecule has 2 bridgehead atoms. The molecular formula is C12H14BrNO3S. The lowest BCUT2D eigenvalue weighted by Crippen LogP contribution is -2.45. The summed E-state index contributed by atoms with van der Waals surface area (Å²) < 4.78 is 33.0. The predicted molar refractivity (Wildman–Crippen MR) is 70.8 cm³/mol. The highest BCUT2D eigenvalue weighted by atomic mass is 79.9. The van der Waals surface area contributed by atoms with Crippen LogP contribution in [-0.4, -0.2) is 38.0 Å². The average molecular weight is 332 g/mol. The maximum atomic E-state index is 12.6.